The van der Waals surface area contributed by atoms with Crippen molar-refractivity contribution < 1.29 is 14.3 Å². The number of amides is 1. The van der Waals surface area contributed by atoms with Gasteiger partial charge in [0.1, 0.15) is 11.6 Å². The van der Waals surface area contributed by atoms with Crippen molar-refractivity contribution in [1.29, 1.82) is 5.26 Å². The molecule has 0 fully saturated rings. The van der Waals surface area contributed by atoms with Gasteiger partial charge in [-0.3, -0.25) is 4.79 Å². The number of hydrogen-bond acceptors (Lipinski definition) is 4. The Kier molecular flexibility index (Phi) is 7.14. The van der Waals surface area contributed by atoms with Crippen molar-refractivity contribution in [2.45, 2.75) is 33.7 Å². The summed E-state index contributed by atoms with van der Waals surface area (Å²) in [4.78, 5) is 24.8. The summed E-state index contributed by atoms with van der Waals surface area (Å²) in [6.07, 6.45) is 1.60. The molecular formula is C27H27N3O3. The summed E-state index contributed by atoms with van der Waals surface area (Å²) in [5.74, 6) is -0.836. The number of aromatic nitrogens is 1. The third-order valence-corrected chi connectivity index (χ3v) is 5.65. The van der Waals surface area contributed by atoms with Gasteiger partial charge in [-0.05, 0) is 68.7 Å². The number of nitrogens with one attached hydrogen (secondary N) is 1. The molecule has 2 aromatic carbocycles. The summed E-state index contributed by atoms with van der Waals surface area (Å²) >= 11 is 0. The number of carbonyl (C=O) groups excluding carboxylic acids is 2. The Hall–Kier alpha value is -4.11. The van der Waals surface area contributed by atoms with E-state index in [1.807, 2.05) is 80.8 Å². The minimum Gasteiger partial charge on any atom is -0.465 e. The Bertz CT molecular complexity index is 1260. The van der Waals surface area contributed by atoms with E-state index < -0.39 is 11.9 Å². The molecular weight excluding hydrogens is 414 g/mol. The SMILES string of the molecule is COC(=O)c1ccc(C)c(-n2c(C)cc(/C=C(/C#N)C(=O)N[C@@H](C)c3ccccc3)c2C)c1. The molecule has 0 aliphatic heterocycles. The van der Waals surface area contributed by atoms with Crippen LogP contribution in [0.2, 0.25) is 0 Å². The minimum absolute atomic E-state index is 0.0260. The predicted octanol–water partition coefficient (Wildman–Crippen LogP) is 4.97. The maximum absolute atomic E-state index is 12.8. The highest BCUT2D eigenvalue weighted by Crippen LogP contribution is 2.26. The van der Waals surface area contributed by atoms with Gasteiger partial charge in [0.05, 0.1) is 18.7 Å². The average molecular weight is 442 g/mol. The first-order valence-electron chi connectivity index (χ1n) is 10.6. The van der Waals surface area contributed by atoms with E-state index in [-0.39, 0.29) is 11.6 Å². The lowest BCUT2D eigenvalue weighted by Gasteiger charge is -2.14. The zero-order chi connectivity index (χ0) is 24.1. The molecule has 1 heterocycles. The van der Waals surface area contributed by atoms with Crippen LogP contribution in [0, 0.1) is 32.1 Å². The molecule has 0 aliphatic carbocycles. The number of carbonyl (C=O) groups is 2. The van der Waals surface area contributed by atoms with Crippen LogP contribution in [0.3, 0.4) is 0 Å². The van der Waals surface area contributed by atoms with Crippen molar-refractivity contribution >= 4 is 18.0 Å². The average Bonchev–Trinajstić information content (AvgIpc) is 3.10. The smallest absolute Gasteiger partial charge is 0.337 e. The summed E-state index contributed by atoms with van der Waals surface area (Å²) in [7, 11) is 1.35. The van der Waals surface area contributed by atoms with Crippen LogP contribution in [0.1, 0.15) is 51.4 Å². The summed E-state index contributed by atoms with van der Waals surface area (Å²) in [6, 6.07) is 18.7. The Morgan fingerprint density at radius 1 is 1.09 bits per heavy atom. The van der Waals surface area contributed by atoms with E-state index in [4.69, 9.17) is 4.74 Å². The molecule has 0 bridgehead atoms. The van der Waals surface area contributed by atoms with E-state index in [0.29, 0.717) is 5.56 Å². The number of methoxy groups -OCH3 is 1. The van der Waals surface area contributed by atoms with Crippen molar-refractivity contribution in [2.75, 3.05) is 7.11 Å². The van der Waals surface area contributed by atoms with Crippen LogP contribution >= 0.6 is 0 Å². The molecule has 6 nitrogen and oxygen atoms in total. The Labute approximate surface area is 194 Å². The quantitative estimate of drug-likeness (QED) is 0.332. The molecule has 1 amide bonds. The van der Waals surface area contributed by atoms with Gasteiger partial charge in [0.2, 0.25) is 0 Å². The van der Waals surface area contributed by atoms with Crippen LogP contribution < -0.4 is 5.32 Å². The molecule has 0 saturated heterocycles. The Morgan fingerprint density at radius 2 is 1.79 bits per heavy atom. The van der Waals surface area contributed by atoms with Crippen molar-refractivity contribution in [3.05, 3.63) is 93.8 Å². The van der Waals surface area contributed by atoms with Gasteiger partial charge in [0.15, 0.2) is 0 Å². The summed E-state index contributed by atoms with van der Waals surface area (Å²) in [5, 5.41) is 12.5. The van der Waals surface area contributed by atoms with Crippen LogP contribution in [-0.4, -0.2) is 23.6 Å². The molecule has 1 atom stereocenters. The minimum atomic E-state index is -0.428. The number of rotatable bonds is 6. The van der Waals surface area contributed by atoms with Gasteiger partial charge in [0, 0.05) is 17.1 Å². The van der Waals surface area contributed by atoms with Gasteiger partial charge in [-0.25, -0.2) is 4.79 Å². The Morgan fingerprint density at radius 3 is 2.42 bits per heavy atom. The number of esters is 1. The van der Waals surface area contributed by atoms with Crippen molar-refractivity contribution in [1.82, 2.24) is 9.88 Å². The highest BCUT2D eigenvalue weighted by Gasteiger charge is 2.17. The van der Waals surface area contributed by atoms with E-state index in [0.717, 1.165) is 33.8 Å². The topological polar surface area (TPSA) is 84.1 Å². The lowest BCUT2D eigenvalue weighted by atomic mass is 10.1. The largest absolute Gasteiger partial charge is 0.465 e. The number of benzene rings is 2. The first-order valence-corrected chi connectivity index (χ1v) is 10.6. The van der Waals surface area contributed by atoms with Crippen molar-refractivity contribution in [3.8, 4) is 11.8 Å². The maximum atomic E-state index is 12.8. The molecule has 0 radical (unpaired) electrons. The molecule has 1 N–H and O–H groups in total. The molecule has 0 aliphatic rings. The number of hydrogen-bond donors (Lipinski definition) is 1. The third-order valence-electron chi connectivity index (χ3n) is 5.65. The zero-order valence-corrected chi connectivity index (χ0v) is 19.5. The normalized spacial score (nSPS) is 12.1. The van der Waals surface area contributed by atoms with Gasteiger partial charge in [-0.2, -0.15) is 5.26 Å². The number of nitriles is 1. The fraction of sp³-hybridized carbons (Fsp3) is 0.222. The predicted molar refractivity (Wildman–Crippen MR) is 128 cm³/mol. The van der Waals surface area contributed by atoms with Gasteiger partial charge in [0.25, 0.3) is 5.91 Å². The lowest BCUT2D eigenvalue weighted by molar-refractivity contribution is -0.117. The molecule has 1 aromatic heterocycles. The van der Waals surface area contributed by atoms with Crippen LogP contribution in [0.15, 0.2) is 60.2 Å². The molecule has 3 aromatic rings. The van der Waals surface area contributed by atoms with Gasteiger partial charge in [-0.15, -0.1) is 0 Å². The Balaban J connectivity index is 1.95. The van der Waals surface area contributed by atoms with Crippen LogP contribution in [0.25, 0.3) is 11.8 Å². The summed E-state index contributed by atoms with van der Waals surface area (Å²) in [5.41, 5.74) is 5.79. The van der Waals surface area contributed by atoms with Gasteiger partial charge >= 0.3 is 5.97 Å². The maximum Gasteiger partial charge on any atom is 0.337 e. The molecule has 168 valence electrons. The summed E-state index contributed by atoms with van der Waals surface area (Å²) in [6.45, 7) is 7.70. The number of ether oxygens (including phenoxy) is 1. The first-order chi connectivity index (χ1) is 15.8. The fourth-order valence-electron chi connectivity index (χ4n) is 3.80. The second kappa shape index (κ2) is 10.0. The van der Waals surface area contributed by atoms with Crippen LogP contribution in [0.5, 0.6) is 0 Å². The second-order valence-corrected chi connectivity index (χ2v) is 7.93. The lowest BCUT2D eigenvalue weighted by Crippen LogP contribution is -2.27. The molecule has 0 spiro atoms. The number of aryl methyl sites for hydroxylation is 2. The standard InChI is InChI=1S/C27H27N3O3/c1-17-11-12-22(27(32)33-5)15-25(17)30-18(2)13-23(20(30)4)14-24(16-28)26(31)29-19(3)21-9-7-6-8-10-21/h6-15,19H,1-5H3,(H,29,31)/b24-14-/t19-/m0/s1. The number of nitrogens with zero attached hydrogens (tertiary/aromatic N) is 2. The molecule has 6 heteroatoms. The van der Waals surface area contributed by atoms with E-state index in [2.05, 4.69) is 5.32 Å². The summed E-state index contributed by atoms with van der Waals surface area (Å²) < 4.78 is 6.86. The van der Waals surface area contributed by atoms with Crippen LogP contribution in [0.4, 0.5) is 0 Å². The zero-order valence-electron chi connectivity index (χ0n) is 19.5. The monoisotopic (exact) mass is 441 g/mol. The fourth-order valence-corrected chi connectivity index (χ4v) is 3.80. The molecule has 33 heavy (non-hydrogen) atoms. The second-order valence-electron chi connectivity index (χ2n) is 7.93. The van der Waals surface area contributed by atoms with Gasteiger partial charge < -0.3 is 14.6 Å². The molecule has 0 saturated carbocycles. The van der Waals surface area contributed by atoms with E-state index in [9.17, 15) is 14.9 Å². The highest BCUT2D eigenvalue weighted by molar-refractivity contribution is 6.02. The van der Waals surface area contributed by atoms with Crippen molar-refractivity contribution in [2.24, 2.45) is 0 Å². The highest BCUT2D eigenvalue weighted by atomic mass is 16.5. The van der Waals surface area contributed by atoms with E-state index >= 15 is 0 Å². The van der Waals surface area contributed by atoms with E-state index in [1.165, 1.54) is 7.11 Å². The third kappa shape index (κ3) is 5.04. The van der Waals surface area contributed by atoms with E-state index in [1.54, 1.807) is 18.2 Å². The molecule has 0 unspecified atom stereocenters. The van der Waals surface area contributed by atoms with Crippen molar-refractivity contribution in [3.63, 3.8) is 0 Å². The molecule has 3 rings (SSSR count). The van der Waals surface area contributed by atoms with Gasteiger partial charge in [-0.1, -0.05) is 36.4 Å². The van der Waals surface area contributed by atoms with Crippen LogP contribution in [-0.2, 0) is 9.53 Å². The first kappa shape index (κ1) is 23.6.